The number of ether oxygens (including phenoxy) is 1. The molecule has 4 heteroatoms. The van der Waals surface area contributed by atoms with Gasteiger partial charge in [0.15, 0.2) is 0 Å². The van der Waals surface area contributed by atoms with E-state index in [1.807, 2.05) is 44.4 Å². The van der Waals surface area contributed by atoms with E-state index in [1.165, 1.54) is 18.4 Å². The van der Waals surface area contributed by atoms with E-state index in [0.717, 1.165) is 30.7 Å². The molecule has 2 aromatic carbocycles. The quantitative estimate of drug-likeness (QED) is 0.784. The minimum Gasteiger partial charge on any atom is -0.497 e. The number of hydrogen-bond donors (Lipinski definition) is 0. The molecule has 27 heavy (non-hydrogen) atoms. The average molecular weight is 367 g/mol. The molecule has 4 nitrogen and oxygen atoms in total. The summed E-state index contributed by atoms with van der Waals surface area (Å²) in [5.41, 5.74) is 2.32. The summed E-state index contributed by atoms with van der Waals surface area (Å²) in [6.07, 6.45) is 4.58. The lowest BCUT2D eigenvalue weighted by molar-refractivity contribution is -0.135. The zero-order valence-corrected chi connectivity index (χ0v) is 16.6. The second kappa shape index (κ2) is 9.05. The third kappa shape index (κ3) is 4.51. The van der Waals surface area contributed by atoms with E-state index in [1.54, 1.807) is 12.0 Å². The molecule has 0 spiro atoms. The fourth-order valence-corrected chi connectivity index (χ4v) is 3.98. The molecule has 1 aliphatic heterocycles. The van der Waals surface area contributed by atoms with Crippen LogP contribution in [0.15, 0.2) is 54.6 Å². The first kappa shape index (κ1) is 19.4. The van der Waals surface area contributed by atoms with Crippen LogP contribution < -0.4 is 4.74 Å². The van der Waals surface area contributed by atoms with Crippen molar-refractivity contribution in [3.63, 3.8) is 0 Å². The summed E-state index contributed by atoms with van der Waals surface area (Å²) in [4.78, 5) is 17.3. The molecular weight excluding hydrogens is 336 g/mol. The largest absolute Gasteiger partial charge is 0.497 e. The smallest absolute Gasteiger partial charge is 0.244 e. The van der Waals surface area contributed by atoms with E-state index in [0.29, 0.717) is 0 Å². The van der Waals surface area contributed by atoms with Gasteiger partial charge in [0.2, 0.25) is 5.91 Å². The molecule has 0 radical (unpaired) electrons. The Morgan fingerprint density at radius 1 is 1.04 bits per heavy atom. The Hall–Kier alpha value is -2.33. The van der Waals surface area contributed by atoms with Crippen molar-refractivity contribution in [2.75, 3.05) is 27.7 Å². The number of likely N-dealkylation sites (N-methyl/N-ethyl adjacent to an activating group) is 1. The highest BCUT2D eigenvalue weighted by Crippen LogP contribution is 2.38. The molecule has 1 aliphatic rings. The van der Waals surface area contributed by atoms with Crippen LogP contribution >= 0.6 is 0 Å². The molecule has 0 aromatic heterocycles. The summed E-state index contributed by atoms with van der Waals surface area (Å²) >= 11 is 0. The van der Waals surface area contributed by atoms with E-state index < -0.39 is 0 Å². The molecule has 1 saturated heterocycles. The number of nitrogens with zero attached hydrogens (tertiary/aromatic N) is 2. The highest BCUT2D eigenvalue weighted by molar-refractivity contribution is 5.83. The molecule has 0 aliphatic carbocycles. The molecule has 0 saturated carbocycles. The van der Waals surface area contributed by atoms with Gasteiger partial charge in [-0.25, -0.2) is 0 Å². The fraction of sp³-hybridized carbons (Fsp3) is 0.435. The van der Waals surface area contributed by atoms with Gasteiger partial charge in [0.05, 0.1) is 7.11 Å². The van der Waals surface area contributed by atoms with Gasteiger partial charge in [0.1, 0.15) is 11.8 Å². The summed E-state index contributed by atoms with van der Waals surface area (Å²) in [5.74, 6) is 1.00. The number of hydrogen-bond acceptors (Lipinski definition) is 3. The number of amides is 1. The van der Waals surface area contributed by atoms with Crippen LogP contribution in [0, 0.1) is 0 Å². The minimum atomic E-state index is -0.258. The van der Waals surface area contributed by atoms with Crippen LogP contribution in [-0.2, 0) is 4.79 Å². The molecule has 1 fully saturated rings. The third-order valence-electron chi connectivity index (χ3n) is 5.42. The van der Waals surface area contributed by atoms with Crippen LogP contribution in [0.5, 0.6) is 5.75 Å². The van der Waals surface area contributed by atoms with Crippen LogP contribution in [0.25, 0.3) is 0 Å². The van der Waals surface area contributed by atoms with Crippen molar-refractivity contribution in [2.24, 2.45) is 0 Å². The first-order valence-electron chi connectivity index (χ1n) is 9.77. The summed E-state index contributed by atoms with van der Waals surface area (Å²) < 4.78 is 5.32. The van der Waals surface area contributed by atoms with Crippen LogP contribution in [0.1, 0.15) is 48.9 Å². The van der Waals surface area contributed by atoms with Crippen LogP contribution in [0.3, 0.4) is 0 Å². The molecule has 0 N–H and O–H groups in total. The van der Waals surface area contributed by atoms with E-state index in [9.17, 15) is 4.79 Å². The molecule has 1 heterocycles. The van der Waals surface area contributed by atoms with Crippen LogP contribution in [0.2, 0.25) is 0 Å². The lowest BCUT2D eigenvalue weighted by Crippen LogP contribution is -2.42. The van der Waals surface area contributed by atoms with E-state index >= 15 is 0 Å². The summed E-state index contributed by atoms with van der Waals surface area (Å²) in [6, 6.07) is 18.5. The minimum absolute atomic E-state index is 0.140. The van der Waals surface area contributed by atoms with E-state index in [4.69, 9.17) is 4.74 Å². The third-order valence-corrected chi connectivity index (χ3v) is 5.42. The number of methoxy groups -OCH3 is 1. The van der Waals surface area contributed by atoms with Crippen molar-refractivity contribution < 1.29 is 9.53 Å². The second-order valence-electron chi connectivity index (χ2n) is 7.42. The van der Waals surface area contributed by atoms with Crippen molar-refractivity contribution in [2.45, 2.75) is 37.8 Å². The standard InChI is InChI=1S/C23H30N2O2/c1-24(2)23(26)22(19-10-6-4-7-11-19)25-17-9-5-8-12-21(25)18-13-15-20(27-3)16-14-18/h4,6-7,10-11,13-16,21-22H,5,8-9,12,17H2,1-3H3. The lowest BCUT2D eigenvalue weighted by Gasteiger charge is -2.38. The van der Waals surface area contributed by atoms with Gasteiger partial charge < -0.3 is 9.64 Å². The Morgan fingerprint density at radius 3 is 2.37 bits per heavy atom. The maximum absolute atomic E-state index is 13.2. The number of carbonyl (C=O) groups excluding carboxylic acids is 1. The molecule has 1 amide bonds. The molecule has 2 unspecified atom stereocenters. The molecule has 2 aromatic rings. The molecule has 2 atom stereocenters. The maximum atomic E-state index is 13.2. The maximum Gasteiger partial charge on any atom is 0.244 e. The van der Waals surface area contributed by atoms with Gasteiger partial charge in [-0.05, 0) is 42.6 Å². The van der Waals surface area contributed by atoms with Gasteiger partial charge in [0, 0.05) is 20.1 Å². The number of carbonyl (C=O) groups is 1. The van der Waals surface area contributed by atoms with E-state index in [2.05, 4.69) is 29.2 Å². The van der Waals surface area contributed by atoms with Crippen molar-refractivity contribution in [3.05, 3.63) is 65.7 Å². The Labute approximate surface area is 162 Å². The highest BCUT2D eigenvalue weighted by atomic mass is 16.5. The van der Waals surface area contributed by atoms with Crippen LogP contribution in [-0.4, -0.2) is 43.5 Å². The van der Waals surface area contributed by atoms with Gasteiger partial charge >= 0.3 is 0 Å². The Bertz CT molecular complexity index is 728. The number of rotatable bonds is 5. The van der Waals surface area contributed by atoms with Gasteiger partial charge in [-0.1, -0.05) is 55.3 Å². The van der Waals surface area contributed by atoms with Crippen molar-refractivity contribution in [1.29, 1.82) is 0 Å². The van der Waals surface area contributed by atoms with Gasteiger partial charge in [-0.15, -0.1) is 0 Å². The lowest BCUT2D eigenvalue weighted by atomic mass is 9.96. The molecule has 3 rings (SSSR count). The predicted octanol–water partition coefficient (Wildman–Crippen LogP) is 4.44. The highest BCUT2D eigenvalue weighted by Gasteiger charge is 2.35. The van der Waals surface area contributed by atoms with Crippen molar-refractivity contribution in [3.8, 4) is 5.75 Å². The number of likely N-dealkylation sites (tertiary alicyclic amines) is 1. The van der Waals surface area contributed by atoms with Gasteiger partial charge in [-0.3, -0.25) is 9.69 Å². The Morgan fingerprint density at radius 2 is 1.74 bits per heavy atom. The summed E-state index contributed by atoms with van der Waals surface area (Å²) in [7, 11) is 5.38. The van der Waals surface area contributed by atoms with Crippen molar-refractivity contribution in [1.82, 2.24) is 9.80 Å². The van der Waals surface area contributed by atoms with Gasteiger partial charge in [0.25, 0.3) is 0 Å². The number of benzene rings is 2. The van der Waals surface area contributed by atoms with Crippen molar-refractivity contribution >= 4 is 5.91 Å². The molecule has 0 bridgehead atoms. The Balaban J connectivity index is 2.01. The summed E-state index contributed by atoms with van der Waals surface area (Å²) in [5, 5.41) is 0. The predicted molar refractivity (Wildman–Crippen MR) is 109 cm³/mol. The topological polar surface area (TPSA) is 32.8 Å². The zero-order valence-electron chi connectivity index (χ0n) is 16.6. The molecule has 144 valence electrons. The summed E-state index contributed by atoms with van der Waals surface area (Å²) in [6.45, 7) is 0.926. The van der Waals surface area contributed by atoms with Gasteiger partial charge in [-0.2, -0.15) is 0 Å². The van der Waals surface area contributed by atoms with Crippen LogP contribution in [0.4, 0.5) is 0 Å². The SMILES string of the molecule is COc1ccc(C2CCCCCN2C(C(=O)N(C)C)c2ccccc2)cc1. The Kier molecular flexibility index (Phi) is 6.51. The second-order valence-corrected chi connectivity index (χ2v) is 7.42. The average Bonchev–Trinajstić information content (AvgIpc) is 2.95. The molecular formula is C23H30N2O2. The normalized spacial score (nSPS) is 19.1. The monoisotopic (exact) mass is 366 g/mol. The fourth-order valence-electron chi connectivity index (χ4n) is 3.98. The zero-order chi connectivity index (χ0) is 19.2. The first-order valence-corrected chi connectivity index (χ1v) is 9.77. The first-order chi connectivity index (χ1) is 13.1. The van der Waals surface area contributed by atoms with E-state index in [-0.39, 0.29) is 18.0 Å².